The van der Waals surface area contributed by atoms with E-state index in [9.17, 15) is 4.39 Å². The fourth-order valence-electron chi connectivity index (χ4n) is 2.46. The molecule has 0 aliphatic carbocycles. The summed E-state index contributed by atoms with van der Waals surface area (Å²) in [6.07, 6.45) is 2.31. The largest absolute Gasteiger partial charge is 0.373 e. The maximum absolute atomic E-state index is 12.9. The lowest BCUT2D eigenvalue weighted by Gasteiger charge is -2.12. The Morgan fingerprint density at radius 3 is 2.81 bits per heavy atom. The second-order valence-electron chi connectivity index (χ2n) is 5.85. The topological polar surface area (TPSA) is 101 Å². The fourth-order valence-corrected chi connectivity index (χ4v) is 2.46. The molecule has 1 aromatic carbocycles. The van der Waals surface area contributed by atoms with Crippen LogP contribution in [0.25, 0.3) is 11.3 Å². The predicted octanol–water partition coefficient (Wildman–Crippen LogP) is 2.57. The van der Waals surface area contributed by atoms with Gasteiger partial charge in [-0.25, -0.2) is 14.9 Å². The number of nitrogens with one attached hydrogen (secondary N) is 3. The smallest absolute Gasteiger partial charge is 0.146 e. The van der Waals surface area contributed by atoms with E-state index >= 15 is 0 Å². The highest BCUT2D eigenvalue weighted by molar-refractivity contribution is 5.65. The van der Waals surface area contributed by atoms with Gasteiger partial charge in [-0.05, 0) is 36.2 Å². The van der Waals surface area contributed by atoms with Crippen LogP contribution in [-0.4, -0.2) is 34.9 Å². The van der Waals surface area contributed by atoms with Gasteiger partial charge in [-0.1, -0.05) is 12.1 Å². The molecule has 2 aromatic heterocycles. The van der Waals surface area contributed by atoms with Crippen molar-refractivity contribution in [1.82, 2.24) is 15.2 Å². The van der Waals surface area contributed by atoms with Crippen molar-refractivity contribution in [3.8, 4) is 11.3 Å². The summed E-state index contributed by atoms with van der Waals surface area (Å²) in [5.74, 6) is 1.13. The minimum Gasteiger partial charge on any atom is -0.373 e. The lowest BCUT2D eigenvalue weighted by atomic mass is 10.1. The van der Waals surface area contributed by atoms with Crippen LogP contribution in [0.2, 0.25) is 0 Å². The highest BCUT2D eigenvalue weighted by Gasteiger charge is 2.08. The van der Waals surface area contributed by atoms with E-state index in [1.54, 1.807) is 18.3 Å². The number of benzene rings is 1. The molecule has 8 heteroatoms. The number of aromatic nitrogens is 3. The predicted molar refractivity (Wildman–Crippen MR) is 99.0 cm³/mol. The Balaban J connectivity index is 1.49. The van der Waals surface area contributed by atoms with E-state index in [2.05, 4.69) is 26.0 Å². The van der Waals surface area contributed by atoms with Gasteiger partial charge in [0.15, 0.2) is 0 Å². The molecule has 0 radical (unpaired) electrons. The minimum absolute atomic E-state index is 0.214. The molecule has 0 aliphatic heterocycles. The van der Waals surface area contributed by atoms with E-state index in [0.717, 1.165) is 22.6 Å². The molecule has 0 bridgehead atoms. The van der Waals surface area contributed by atoms with Crippen LogP contribution in [0, 0.1) is 5.82 Å². The maximum Gasteiger partial charge on any atom is 0.146 e. The molecule has 0 aliphatic rings. The first-order valence-electron chi connectivity index (χ1n) is 8.21. The third kappa shape index (κ3) is 4.78. The first kappa shape index (κ1) is 17.8. The number of hydrogen-bond donors (Lipinski definition) is 4. The van der Waals surface area contributed by atoms with Gasteiger partial charge in [0.2, 0.25) is 0 Å². The Morgan fingerprint density at radius 1 is 1.23 bits per heavy atom. The second-order valence-corrected chi connectivity index (χ2v) is 5.85. The van der Waals surface area contributed by atoms with Gasteiger partial charge in [-0.2, -0.15) is 5.10 Å². The number of nitrogens with two attached hydrogens (primary N) is 1. The summed E-state index contributed by atoms with van der Waals surface area (Å²) in [6.45, 7) is 0.297. The normalized spacial score (nSPS) is 12.0. The van der Waals surface area contributed by atoms with Crippen molar-refractivity contribution in [2.45, 2.75) is 12.5 Å². The molecule has 0 fully saturated rings. The lowest BCUT2D eigenvalue weighted by molar-refractivity contribution is 0.174. The molecule has 1 atom stereocenters. The number of H-pyrrole nitrogens is 1. The number of halogens is 1. The quantitative estimate of drug-likeness (QED) is 0.463. The molecule has 0 saturated carbocycles. The van der Waals surface area contributed by atoms with Gasteiger partial charge >= 0.3 is 0 Å². The number of pyridine rings is 1. The highest BCUT2D eigenvalue weighted by Crippen LogP contribution is 2.21. The van der Waals surface area contributed by atoms with Crippen molar-refractivity contribution < 1.29 is 9.23 Å². The highest BCUT2D eigenvalue weighted by atomic mass is 19.1. The molecule has 136 valence electrons. The van der Waals surface area contributed by atoms with Crippen LogP contribution in [0.4, 0.5) is 16.0 Å². The van der Waals surface area contributed by atoms with E-state index in [1.807, 2.05) is 25.2 Å². The van der Waals surface area contributed by atoms with E-state index < -0.39 is 0 Å². The maximum atomic E-state index is 12.9. The Bertz CT molecular complexity index is 836. The number of hydrogen-bond acceptors (Lipinski definition) is 6. The first-order chi connectivity index (χ1) is 12.6. The summed E-state index contributed by atoms with van der Waals surface area (Å²) >= 11 is 0. The number of rotatable bonds is 8. The molecule has 0 amide bonds. The Morgan fingerprint density at radius 2 is 2.04 bits per heavy atom. The molecular weight excluding hydrogens is 335 g/mol. The molecule has 3 aromatic rings. The van der Waals surface area contributed by atoms with Gasteiger partial charge in [-0.3, -0.25) is 9.94 Å². The molecule has 5 N–H and O–H groups in total. The van der Waals surface area contributed by atoms with Crippen molar-refractivity contribution in [3.05, 3.63) is 60.0 Å². The van der Waals surface area contributed by atoms with Crippen LogP contribution in [0.15, 0.2) is 48.7 Å². The standard InChI is InChI=1S/C18H21FN6O/c1-21-17-9-13(6-7-22-17)16-10-18(24-23-16)25-26-11-15(20)8-12-2-4-14(19)5-3-12/h2-7,9-10,15H,8,11,20H2,1H3,(H,21,22)(H2,23,24,25)/t15-/m0/s1. The first-order valence-corrected chi connectivity index (χ1v) is 8.21. The zero-order chi connectivity index (χ0) is 18.4. The van der Waals surface area contributed by atoms with Crippen molar-refractivity contribution in [1.29, 1.82) is 0 Å². The Labute approximate surface area is 150 Å². The van der Waals surface area contributed by atoms with Gasteiger partial charge in [0, 0.05) is 30.9 Å². The van der Waals surface area contributed by atoms with E-state index in [0.29, 0.717) is 18.8 Å². The third-order valence-corrected chi connectivity index (χ3v) is 3.78. The Kier molecular flexibility index (Phi) is 5.77. The molecule has 7 nitrogen and oxygen atoms in total. The van der Waals surface area contributed by atoms with Crippen LogP contribution in [0.3, 0.4) is 0 Å². The van der Waals surface area contributed by atoms with Crippen molar-refractivity contribution >= 4 is 11.6 Å². The molecule has 0 saturated heterocycles. The van der Waals surface area contributed by atoms with Gasteiger partial charge in [0.1, 0.15) is 17.5 Å². The summed E-state index contributed by atoms with van der Waals surface area (Å²) in [7, 11) is 1.81. The van der Waals surface area contributed by atoms with Gasteiger partial charge in [-0.15, -0.1) is 0 Å². The van der Waals surface area contributed by atoms with Crippen LogP contribution in [-0.2, 0) is 11.3 Å². The number of aromatic amines is 1. The van der Waals surface area contributed by atoms with Gasteiger partial charge in [0.05, 0.1) is 12.3 Å². The van der Waals surface area contributed by atoms with Gasteiger partial charge in [0.25, 0.3) is 0 Å². The van der Waals surface area contributed by atoms with E-state index in [-0.39, 0.29) is 11.9 Å². The molecule has 0 unspecified atom stereocenters. The van der Waals surface area contributed by atoms with Crippen molar-refractivity contribution in [2.24, 2.45) is 5.73 Å². The average molecular weight is 356 g/mol. The van der Waals surface area contributed by atoms with E-state index in [1.165, 1.54) is 12.1 Å². The summed E-state index contributed by atoms with van der Waals surface area (Å²) in [4.78, 5) is 9.60. The number of anilines is 2. The zero-order valence-electron chi connectivity index (χ0n) is 14.4. The molecule has 0 spiro atoms. The number of nitrogens with zero attached hydrogens (tertiary/aromatic N) is 2. The van der Waals surface area contributed by atoms with Crippen LogP contribution in [0.1, 0.15) is 5.56 Å². The minimum atomic E-state index is -0.258. The van der Waals surface area contributed by atoms with E-state index in [4.69, 9.17) is 10.6 Å². The molecular formula is C18H21FN6O. The lowest BCUT2D eigenvalue weighted by Crippen LogP contribution is -2.29. The Hall–Kier alpha value is -2.97. The summed E-state index contributed by atoms with van der Waals surface area (Å²) in [6, 6.07) is 11.7. The summed E-state index contributed by atoms with van der Waals surface area (Å²) in [5, 5.41) is 10.1. The SMILES string of the molecule is CNc1cc(-c2cc(NOC[C@@H](N)Cc3ccc(F)cc3)[nH]n2)ccn1. The average Bonchev–Trinajstić information content (AvgIpc) is 3.13. The molecule has 3 rings (SSSR count). The third-order valence-electron chi connectivity index (χ3n) is 3.78. The van der Waals surface area contributed by atoms with Crippen molar-refractivity contribution in [2.75, 3.05) is 24.5 Å². The van der Waals surface area contributed by atoms with Crippen LogP contribution < -0.4 is 16.5 Å². The zero-order valence-corrected chi connectivity index (χ0v) is 14.4. The molecule has 2 heterocycles. The second kappa shape index (κ2) is 8.41. The summed E-state index contributed by atoms with van der Waals surface area (Å²) in [5.41, 5.74) is 11.5. The summed E-state index contributed by atoms with van der Waals surface area (Å²) < 4.78 is 12.9. The fraction of sp³-hybridized carbons (Fsp3) is 0.222. The van der Waals surface area contributed by atoms with Gasteiger partial charge < -0.3 is 11.1 Å². The monoisotopic (exact) mass is 356 g/mol. The molecule has 26 heavy (non-hydrogen) atoms. The van der Waals surface area contributed by atoms with Crippen LogP contribution in [0.5, 0.6) is 0 Å². The van der Waals surface area contributed by atoms with Crippen molar-refractivity contribution in [3.63, 3.8) is 0 Å². The van der Waals surface area contributed by atoms with Crippen LogP contribution >= 0.6 is 0 Å².